The van der Waals surface area contributed by atoms with Gasteiger partial charge in [0.25, 0.3) is 5.78 Å². The molecule has 5 heteroatoms. The minimum atomic E-state index is -5.00. The Morgan fingerprint density at radius 3 is 1.94 bits per heavy atom. The van der Waals surface area contributed by atoms with Crippen molar-refractivity contribution in [2.45, 2.75) is 59.1 Å². The lowest BCUT2D eigenvalue weighted by molar-refractivity contribution is -0.167. The number of carbonyl (C=O) groups excluding carboxylic acids is 2. The molecule has 0 saturated carbocycles. The molecule has 0 aromatic rings. The maximum Gasteiger partial charge on any atom is 0.454 e. The lowest BCUT2D eigenvalue weighted by atomic mass is 10.0. The van der Waals surface area contributed by atoms with E-state index in [2.05, 4.69) is 6.58 Å². The van der Waals surface area contributed by atoms with E-state index in [0.29, 0.717) is 6.42 Å². The number of allylic oxidation sites excluding steroid dienone is 1. The van der Waals surface area contributed by atoms with Gasteiger partial charge in [-0.1, -0.05) is 46.6 Å². The number of unbranched alkanes of at least 4 members (excludes halogenated alkanes) is 3. The zero-order valence-corrected chi connectivity index (χ0v) is 11.2. The Morgan fingerprint density at radius 1 is 1.06 bits per heavy atom. The fourth-order valence-electron chi connectivity index (χ4n) is 1.16. The quantitative estimate of drug-likeness (QED) is 0.299. The lowest BCUT2D eigenvalue weighted by Gasteiger charge is -2.06. The van der Waals surface area contributed by atoms with Gasteiger partial charge >= 0.3 is 6.18 Å². The molecule has 106 valence electrons. The van der Waals surface area contributed by atoms with Crippen LogP contribution in [0.1, 0.15) is 52.9 Å². The number of rotatable bonds is 7. The van der Waals surface area contributed by atoms with Gasteiger partial charge in [-0.05, 0) is 6.42 Å². The molecule has 0 aromatic heterocycles. The van der Waals surface area contributed by atoms with Gasteiger partial charge in [0.1, 0.15) is 0 Å². The van der Waals surface area contributed by atoms with Crippen LogP contribution in [0.3, 0.4) is 0 Å². The molecule has 0 aliphatic heterocycles. The summed E-state index contributed by atoms with van der Waals surface area (Å²) in [5, 5.41) is 0. The minimum Gasteiger partial charge on any atom is -0.294 e. The minimum absolute atomic E-state index is 0.0410. The number of hydrogen-bond donors (Lipinski definition) is 0. The van der Waals surface area contributed by atoms with E-state index in [1.54, 1.807) is 0 Å². The summed E-state index contributed by atoms with van der Waals surface area (Å²) in [6.45, 7) is 8.88. The van der Waals surface area contributed by atoms with Crippen LogP contribution in [-0.2, 0) is 9.59 Å². The first-order valence-corrected chi connectivity index (χ1v) is 6.14. The third-order valence-corrected chi connectivity index (χ3v) is 2.13. The fraction of sp³-hybridized carbons (Fsp3) is 0.692. The van der Waals surface area contributed by atoms with E-state index < -0.39 is 23.3 Å². The molecular formula is C13H21F3O2. The van der Waals surface area contributed by atoms with Gasteiger partial charge in [0, 0.05) is 6.42 Å². The van der Waals surface area contributed by atoms with Gasteiger partial charge in [-0.15, -0.1) is 0 Å². The topological polar surface area (TPSA) is 34.1 Å². The summed E-state index contributed by atoms with van der Waals surface area (Å²) in [6, 6.07) is 0. The van der Waals surface area contributed by atoms with Crippen LogP contribution in [0, 0.1) is 0 Å². The average Bonchev–Trinajstić information content (AvgIpc) is 2.33. The van der Waals surface area contributed by atoms with Gasteiger partial charge in [0.2, 0.25) is 0 Å². The highest BCUT2D eigenvalue weighted by Gasteiger charge is 2.41. The van der Waals surface area contributed by atoms with Crippen LogP contribution >= 0.6 is 0 Å². The van der Waals surface area contributed by atoms with Crippen molar-refractivity contribution in [2.24, 2.45) is 0 Å². The molecule has 0 spiro atoms. The van der Waals surface area contributed by atoms with Gasteiger partial charge < -0.3 is 0 Å². The normalized spacial score (nSPS) is 10.3. The summed E-state index contributed by atoms with van der Waals surface area (Å²) in [6.07, 6.45) is -1.88. The Labute approximate surface area is 106 Å². The van der Waals surface area contributed by atoms with E-state index in [1.165, 1.54) is 0 Å². The van der Waals surface area contributed by atoms with E-state index in [-0.39, 0.29) is 6.42 Å². The van der Waals surface area contributed by atoms with Crippen molar-refractivity contribution < 1.29 is 22.8 Å². The molecule has 0 radical (unpaired) electrons. The molecule has 0 fully saturated rings. The molecule has 0 aliphatic carbocycles. The predicted molar refractivity (Wildman–Crippen MR) is 65.3 cm³/mol. The number of ketones is 2. The first-order valence-electron chi connectivity index (χ1n) is 6.14. The van der Waals surface area contributed by atoms with Gasteiger partial charge in [-0.3, -0.25) is 9.59 Å². The molecular weight excluding hydrogens is 245 g/mol. The molecule has 0 saturated heterocycles. The molecule has 0 rings (SSSR count). The van der Waals surface area contributed by atoms with E-state index >= 15 is 0 Å². The summed E-state index contributed by atoms with van der Waals surface area (Å²) in [5.41, 5.74) is -0.955. The van der Waals surface area contributed by atoms with Gasteiger partial charge in [0.15, 0.2) is 5.78 Å². The van der Waals surface area contributed by atoms with Crippen molar-refractivity contribution >= 4 is 11.6 Å². The van der Waals surface area contributed by atoms with Crippen molar-refractivity contribution in [3.8, 4) is 0 Å². The van der Waals surface area contributed by atoms with Crippen LogP contribution in [-0.4, -0.2) is 17.7 Å². The zero-order chi connectivity index (χ0) is 14.8. The Morgan fingerprint density at radius 2 is 1.56 bits per heavy atom. The highest BCUT2D eigenvalue weighted by molar-refractivity contribution is 6.21. The number of Topliss-reactive ketones (excluding diaryl/α,β-unsaturated/α-hetero) is 2. The van der Waals surface area contributed by atoms with E-state index in [0.717, 1.165) is 19.3 Å². The number of hydrogen-bond acceptors (Lipinski definition) is 2. The van der Waals surface area contributed by atoms with Crippen molar-refractivity contribution in [1.82, 2.24) is 0 Å². The highest BCUT2D eigenvalue weighted by Crippen LogP contribution is 2.21. The Kier molecular flexibility index (Phi) is 10.5. The van der Waals surface area contributed by atoms with Crippen LogP contribution in [0.15, 0.2) is 12.2 Å². The molecule has 0 aliphatic rings. The first kappa shape index (κ1) is 19.2. The Balaban J connectivity index is 0. The fourth-order valence-corrected chi connectivity index (χ4v) is 1.16. The number of carbonyl (C=O) groups is 2. The summed E-state index contributed by atoms with van der Waals surface area (Å²) in [4.78, 5) is 21.8. The molecule has 0 atom stereocenters. The first-order chi connectivity index (χ1) is 8.30. The maximum absolute atomic E-state index is 11.9. The van der Waals surface area contributed by atoms with Crippen LogP contribution in [0.2, 0.25) is 0 Å². The zero-order valence-electron chi connectivity index (χ0n) is 11.2. The smallest absolute Gasteiger partial charge is 0.294 e. The molecule has 0 unspecified atom stereocenters. The molecule has 2 nitrogen and oxygen atoms in total. The van der Waals surface area contributed by atoms with E-state index in [1.807, 2.05) is 20.8 Å². The average molecular weight is 266 g/mol. The standard InChI is InChI=1S/C11H15F3O2.C2H6/c1-3-4-5-6-7-9(15)8(2)10(16)11(12,13)14;1-2/h2-7H2,1H3;1-2H3. The second-order valence-electron chi connectivity index (χ2n) is 3.54. The largest absolute Gasteiger partial charge is 0.454 e. The van der Waals surface area contributed by atoms with Gasteiger partial charge in [0.05, 0.1) is 5.57 Å². The second kappa shape index (κ2) is 9.85. The third-order valence-electron chi connectivity index (χ3n) is 2.13. The van der Waals surface area contributed by atoms with Gasteiger partial charge in [-0.2, -0.15) is 13.2 Å². The molecule has 0 bridgehead atoms. The monoisotopic (exact) mass is 266 g/mol. The van der Waals surface area contributed by atoms with Crippen molar-refractivity contribution in [1.29, 1.82) is 0 Å². The van der Waals surface area contributed by atoms with Crippen LogP contribution in [0.25, 0.3) is 0 Å². The molecule has 0 N–H and O–H groups in total. The number of halogens is 3. The Bertz CT molecular complexity index is 280. The molecule has 18 heavy (non-hydrogen) atoms. The summed E-state index contributed by atoms with van der Waals surface area (Å²) < 4.78 is 35.8. The highest BCUT2D eigenvalue weighted by atomic mass is 19.4. The van der Waals surface area contributed by atoms with Crippen molar-refractivity contribution in [3.63, 3.8) is 0 Å². The molecule has 0 aromatic carbocycles. The van der Waals surface area contributed by atoms with E-state index in [4.69, 9.17) is 0 Å². The van der Waals surface area contributed by atoms with Crippen LogP contribution in [0.4, 0.5) is 13.2 Å². The maximum atomic E-state index is 11.9. The van der Waals surface area contributed by atoms with Crippen LogP contribution < -0.4 is 0 Å². The second-order valence-corrected chi connectivity index (χ2v) is 3.54. The van der Waals surface area contributed by atoms with Crippen molar-refractivity contribution in [2.75, 3.05) is 0 Å². The van der Waals surface area contributed by atoms with Crippen LogP contribution in [0.5, 0.6) is 0 Å². The molecule has 0 amide bonds. The summed E-state index contributed by atoms with van der Waals surface area (Å²) >= 11 is 0. The van der Waals surface area contributed by atoms with Gasteiger partial charge in [-0.25, -0.2) is 0 Å². The Hall–Kier alpha value is -1.13. The SMILES string of the molecule is C=C(C(=O)CCCCCC)C(=O)C(F)(F)F.CC. The number of alkyl halides is 3. The summed E-state index contributed by atoms with van der Waals surface area (Å²) in [7, 11) is 0. The predicted octanol–water partition coefficient (Wildman–Crippen LogP) is 4.24. The lowest BCUT2D eigenvalue weighted by Crippen LogP contribution is -2.27. The summed E-state index contributed by atoms with van der Waals surface area (Å²) in [5.74, 6) is -2.94. The van der Waals surface area contributed by atoms with E-state index in [9.17, 15) is 22.8 Å². The molecule has 0 heterocycles. The van der Waals surface area contributed by atoms with Crippen molar-refractivity contribution in [3.05, 3.63) is 12.2 Å². The third kappa shape index (κ3) is 8.03.